The lowest BCUT2D eigenvalue weighted by atomic mass is 10.0. The van der Waals surface area contributed by atoms with E-state index in [1.807, 2.05) is 31.3 Å². The van der Waals surface area contributed by atoms with E-state index >= 15 is 0 Å². The Morgan fingerprint density at radius 1 is 1.33 bits per heavy atom. The Hall–Kier alpha value is -1.39. The highest BCUT2D eigenvalue weighted by Crippen LogP contribution is 2.23. The molecule has 0 amide bonds. The number of hydrogen-bond donors (Lipinski definition) is 1. The minimum Gasteiger partial charge on any atom is -0.322 e. The third-order valence-electron chi connectivity index (χ3n) is 3.06. The van der Waals surface area contributed by atoms with Crippen LogP contribution in [0.15, 0.2) is 24.4 Å². The number of halogens is 1. The van der Waals surface area contributed by atoms with Crippen molar-refractivity contribution in [3.63, 3.8) is 0 Å². The highest BCUT2D eigenvalue weighted by Gasteiger charge is 2.15. The Bertz CT molecular complexity index is 548. The summed E-state index contributed by atoms with van der Waals surface area (Å²) >= 11 is 6.10. The third-order valence-corrected chi connectivity index (χ3v) is 3.47. The van der Waals surface area contributed by atoms with Crippen molar-refractivity contribution >= 4 is 11.6 Å². The van der Waals surface area contributed by atoms with E-state index in [1.165, 1.54) is 0 Å². The van der Waals surface area contributed by atoms with Gasteiger partial charge in [0.25, 0.3) is 0 Å². The van der Waals surface area contributed by atoms with Crippen molar-refractivity contribution in [1.29, 1.82) is 0 Å². The van der Waals surface area contributed by atoms with Gasteiger partial charge in [-0.2, -0.15) is 0 Å². The van der Waals surface area contributed by atoms with Crippen molar-refractivity contribution in [2.75, 3.05) is 0 Å². The Morgan fingerprint density at radius 2 is 2.06 bits per heavy atom. The fourth-order valence-corrected chi connectivity index (χ4v) is 1.90. The molecule has 18 heavy (non-hydrogen) atoms. The molecule has 0 bridgehead atoms. The van der Waals surface area contributed by atoms with E-state index in [-0.39, 0.29) is 6.04 Å². The molecule has 0 spiro atoms. The van der Waals surface area contributed by atoms with Crippen molar-refractivity contribution in [1.82, 2.24) is 15.0 Å². The second-order valence-electron chi connectivity index (χ2n) is 4.74. The number of nitrogens with two attached hydrogens (primary N) is 1. The standard InChI is InChI=1S/C13H17ClN4/c1-8(2)13(15)11-7-18(17-16-11)12-6-4-5-10(14)9(12)3/h4-8,13H,15H2,1-3H3. The summed E-state index contributed by atoms with van der Waals surface area (Å²) in [5.74, 6) is 0.329. The van der Waals surface area contributed by atoms with Crippen LogP contribution in [-0.4, -0.2) is 15.0 Å². The molecule has 0 aliphatic carbocycles. The van der Waals surface area contributed by atoms with Crippen molar-refractivity contribution in [2.45, 2.75) is 26.8 Å². The maximum Gasteiger partial charge on any atom is 0.100 e. The van der Waals surface area contributed by atoms with E-state index in [9.17, 15) is 0 Å². The first-order valence-corrected chi connectivity index (χ1v) is 6.32. The number of nitrogens with zero attached hydrogens (tertiary/aromatic N) is 3. The van der Waals surface area contributed by atoms with Crippen LogP contribution >= 0.6 is 11.6 Å². The van der Waals surface area contributed by atoms with Crippen LogP contribution in [0.25, 0.3) is 5.69 Å². The molecular formula is C13H17ClN4. The van der Waals surface area contributed by atoms with Gasteiger partial charge in [-0.15, -0.1) is 5.10 Å². The summed E-state index contributed by atoms with van der Waals surface area (Å²) < 4.78 is 1.72. The fourth-order valence-electron chi connectivity index (χ4n) is 1.73. The normalized spacial score (nSPS) is 13.0. The van der Waals surface area contributed by atoms with Crippen LogP contribution in [0, 0.1) is 12.8 Å². The molecule has 0 saturated heterocycles. The van der Waals surface area contributed by atoms with Gasteiger partial charge < -0.3 is 5.73 Å². The summed E-state index contributed by atoms with van der Waals surface area (Å²) in [6.45, 7) is 6.09. The van der Waals surface area contributed by atoms with Gasteiger partial charge in [0.1, 0.15) is 5.69 Å². The molecule has 0 aliphatic rings. The number of aromatic nitrogens is 3. The van der Waals surface area contributed by atoms with Gasteiger partial charge in [-0.25, -0.2) is 4.68 Å². The summed E-state index contributed by atoms with van der Waals surface area (Å²) in [7, 11) is 0. The van der Waals surface area contributed by atoms with Crippen molar-refractivity contribution < 1.29 is 0 Å². The Morgan fingerprint density at radius 3 is 2.72 bits per heavy atom. The van der Waals surface area contributed by atoms with E-state index in [0.717, 1.165) is 22.0 Å². The lowest BCUT2D eigenvalue weighted by Crippen LogP contribution is -2.17. The van der Waals surface area contributed by atoms with Gasteiger partial charge in [-0.1, -0.05) is 36.7 Å². The van der Waals surface area contributed by atoms with Crippen molar-refractivity contribution in [3.8, 4) is 5.69 Å². The van der Waals surface area contributed by atoms with Gasteiger partial charge in [0.2, 0.25) is 0 Å². The van der Waals surface area contributed by atoms with Crippen LogP contribution in [0.4, 0.5) is 0 Å². The van der Waals surface area contributed by atoms with Gasteiger partial charge in [0, 0.05) is 5.02 Å². The molecule has 1 aromatic heterocycles. The molecule has 0 saturated carbocycles. The van der Waals surface area contributed by atoms with Crippen molar-refractivity contribution in [3.05, 3.63) is 40.7 Å². The van der Waals surface area contributed by atoms with Crippen LogP contribution in [0.5, 0.6) is 0 Å². The molecule has 2 rings (SSSR count). The molecule has 0 aliphatic heterocycles. The minimum atomic E-state index is -0.0989. The first-order valence-electron chi connectivity index (χ1n) is 5.94. The second-order valence-corrected chi connectivity index (χ2v) is 5.15. The molecule has 1 atom stereocenters. The molecule has 1 unspecified atom stereocenters. The Labute approximate surface area is 112 Å². The summed E-state index contributed by atoms with van der Waals surface area (Å²) in [4.78, 5) is 0. The van der Waals surface area contributed by atoms with E-state index in [4.69, 9.17) is 17.3 Å². The minimum absolute atomic E-state index is 0.0989. The average molecular weight is 265 g/mol. The van der Waals surface area contributed by atoms with E-state index in [1.54, 1.807) is 4.68 Å². The molecule has 2 N–H and O–H groups in total. The lowest BCUT2D eigenvalue weighted by molar-refractivity contribution is 0.502. The van der Waals surface area contributed by atoms with Gasteiger partial charge in [-0.05, 0) is 30.5 Å². The quantitative estimate of drug-likeness (QED) is 0.927. The fraction of sp³-hybridized carbons (Fsp3) is 0.385. The highest BCUT2D eigenvalue weighted by atomic mass is 35.5. The summed E-state index contributed by atoms with van der Waals surface area (Å²) in [5.41, 5.74) is 8.76. The first kappa shape index (κ1) is 13.1. The summed E-state index contributed by atoms with van der Waals surface area (Å²) in [6, 6.07) is 5.62. The lowest BCUT2D eigenvalue weighted by Gasteiger charge is -2.11. The van der Waals surface area contributed by atoms with Crippen LogP contribution in [0.3, 0.4) is 0 Å². The number of rotatable bonds is 3. The first-order chi connectivity index (χ1) is 8.50. The third kappa shape index (κ3) is 2.40. The molecule has 4 nitrogen and oxygen atoms in total. The molecule has 0 radical (unpaired) electrons. The number of benzene rings is 1. The maximum absolute atomic E-state index is 6.10. The van der Waals surface area contributed by atoms with Gasteiger partial charge >= 0.3 is 0 Å². The van der Waals surface area contributed by atoms with Gasteiger partial charge in [0.05, 0.1) is 17.9 Å². The molecule has 1 aromatic carbocycles. The van der Waals surface area contributed by atoms with Crippen LogP contribution < -0.4 is 5.73 Å². The Balaban J connectivity index is 2.38. The zero-order valence-corrected chi connectivity index (χ0v) is 11.5. The zero-order valence-electron chi connectivity index (χ0n) is 10.8. The van der Waals surface area contributed by atoms with Gasteiger partial charge in [0.15, 0.2) is 0 Å². The van der Waals surface area contributed by atoms with E-state index < -0.39 is 0 Å². The average Bonchev–Trinajstić information content (AvgIpc) is 2.80. The summed E-state index contributed by atoms with van der Waals surface area (Å²) in [5, 5.41) is 8.97. The maximum atomic E-state index is 6.10. The zero-order chi connectivity index (χ0) is 13.3. The monoisotopic (exact) mass is 264 g/mol. The van der Waals surface area contributed by atoms with Gasteiger partial charge in [-0.3, -0.25) is 0 Å². The molecular weight excluding hydrogens is 248 g/mol. The molecule has 0 fully saturated rings. The van der Waals surface area contributed by atoms with Crippen LogP contribution in [0.2, 0.25) is 5.02 Å². The molecule has 1 heterocycles. The topological polar surface area (TPSA) is 56.7 Å². The van der Waals surface area contributed by atoms with Crippen LogP contribution in [-0.2, 0) is 0 Å². The number of hydrogen-bond acceptors (Lipinski definition) is 3. The second kappa shape index (κ2) is 5.08. The predicted molar refractivity (Wildman–Crippen MR) is 72.9 cm³/mol. The van der Waals surface area contributed by atoms with Crippen LogP contribution in [0.1, 0.15) is 31.1 Å². The highest BCUT2D eigenvalue weighted by molar-refractivity contribution is 6.31. The predicted octanol–water partition coefficient (Wildman–Crippen LogP) is 2.88. The molecule has 96 valence electrons. The summed E-state index contributed by atoms with van der Waals surface area (Å²) in [6.07, 6.45) is 1.86. The van der Waals surface area contributed by atoms with E-state index in [0.29, 0.717) is 5.92 Å². The SMILES string of the molecule is Cc1c(Cl)cccc1-n1cc(C(N)C(C)C)nn1. The van der Waals surface area contributed by atoms with E-state index in [2.05, 4.69) is 24.2 Å². The smallest absolute Gasteiger partial charge is 0.100 e. The Kier molecular flexibility index (Phi) is 3.68. The van der Waals surface area contributed by atoms with Crippen molar-refractivity contribution in [2.24, 2.45) is 11.7 Å². The molecule has 5 heteroatoms. The molecule has 2 aromatic rings. The largest absolute Gasteiger partial charge is 0.322 e.